The van der Waals surface area contributed by atoms with Crippen LogP contribution in [0.1, 0.15) is 46.1 Å². The summed E-state index contributed by atoms with van der Waals surface area (Å²) in [7, 11) is 6.30. The second kappa shape index (κ2) is 8.62. The molecule has 0 amide bonds. The molecule has 0 saturated heterocycles. The Bertz CT molecular complexity index is 963. The second-order valence-corrected chi connectivity index (χ2v) is 7.25. The normalized spacial score (nSPS) is 21.6. The van der Waals surface area contributed by atoms with Crippen LogP contribution in [0.5, 0.6) is 23.0 Å². The van der Waals surface area contributed by atoms with Crippen molar-refractivity contribution in [2.75, 3.05) is 28.4 Å². The van der Waals surface area contributed by atoms with E-state index in [1.807, 2.05) is 18.2 Å². The maximum atomic E-state index is 12.8. The standard InChI is InChI=1S/C22H25NO6.ClH/c1-11-8-12-9-16(26-3)17(27-4)10-14(12)19(23-11)20-13-6-7-15(25-2)21(28-5)18(13)22(24)29-20;/h6-7,9-11,19-20,23H,8H2,1-5H3;1H/t11-,19+,20-;/m0./s1. The van der Waals surface area contributed by atoms with Gasteiger partial charge in [0.2, 0.25) is 0 Å². The van der Waals surface area contributed by atoms with E-state index >= 15 is 0 Å². The number of cyclic esters (lactones) is 1. The zero-order chi connectivity index (χ0) is 20.7. The molecule has 2 aliphatic heterocycles. The van der Waals surface area contributed by atoms with Gasteiger partial charge < -0.3 is 29.0 Å². The summed E-state index contributed by atoms with van der Waals surface area (Å²) in [6.45, 7) is 2.11. The summed E-state index contributed by atoms with van der Waals surface area (Å²) in [6.07, 6.45) is 0.350. The molecule has 2 aliphatic rings. The number of carbonyl (C=O) groups excluding carboxylic acids is 1. The van der Waals surface area contributed by atoms with Crippen LogP contribution in [0.4, 0.5) is 0 Å². The first kappa shape index (κ1) is 22.1. The van der Waals surface area contributed by atoms with Gasteiger partial charge in [-0.2, -0.15) is 0 Å². The van der Waals surface area contributed by atoms with Crippen LogP contribution in [-0.2, 0) is 11.2 Å². The Morgan fingerprint density at radius 2 is 1.60 bits per heavy atom. The first-order valence-corrected chi connectivity index (χ1v) is 9.49. The lowest BCUT2D eigenvalue weighted by molar-refractivity contribution is 0.0270. The highest BCUT2D eigenvalue weighted by molar-refractivity contribution is 5.98. The molecule has 0 aromatic heterocycles. The van der Waals surface area contributed by atoms with Crippen molar-refractivity contribution in [3.8, 4) is 23.0 Å². The van der Waals surface area contributed by atoms with E-state index in [-0.39, 0.29) is 24.5 Å². The molecular formula is C22H26ClNO6. The molecule has 1 N–H and O–H groups in total. The van der Waals surface area contributed by atoms with Gasteiger partial charge in [0, 0.05) is 11.6 Å². The molecule has 2 aromatic rings. The summed E-state index contributed by atoms with van der Waals surface area (Å²) in [4.78, 5) is 12.8. The largest absolute Gasteiger partial charge is 0.493 e. The molecule has 7 nitrogen and oxygen atoms in total. The van der Waals surface area contributed by atoms with Gasteiger partial charge in [-0.3, -0.25) is 0 Å². The second-order valence-electron chi connectivity index (χ2n) is 7.25. The van der Waals surface area contributed by atoms with Gasteiger partial charge in [0.25, 0.3) is 0 Å². The lowest BCUT2D eigenvalue weighted by atomic mass is 9.85. The van der Waals surface area contributed by atoms with E-state index in [4.69, 9.17) is 23.7 Å². The van der Waals surface area contributed by atoms with E-state index in [1.165, 1.54) is 7.11 Å². The number of ether oxygens (including phenoxy) is 5. The van der Waals surface area contributed by atoms with Crippen molar-refractivity contribution in [2.24, 2.45) is 0 Å². The summed E-state index contributed by atoms with van der Waals surface area (Å²) < 4.78 is 27.6. The summed E-state index contributed by atoms with van der Waals surface area (Å²) in [5, 5.41) is 3.59. The van der Waals surface area contributed by atoms with Crippen LogP contribution in [0.3, 0.4) is 0 Å². The van der Waals surface area contributed by atoms with Crippen molar-refractivity contribution in [2.45, 2.75) is 31.5 Å². The highest BCUT2D eigenvalue weighted by Crippen LogP contribution is 2.48. The van der Waals surface area contributed by atoms with Gasteiger partial charge in [0.15, 0.2) is 23.0 Å². The van der Waals surface area contributed by atoms with Crippen molar-refractivity contribution < 1.29 is 28.5 Å². The van der Waals surface area contributed by atoms with E-state index in [0.29, 0.717) is 28.6 Å². The van der Waals surface area contributed by atoms with Crippen molar-refractivity contribution in [3.63, 3.8) is 0 Å². The van der Waals surface area contributed by atoms with Gasteiger partial charge in [-0.05, 0) is 42.7 Å². The first-order valence-electron chi connectivity index (χ1n) is 9.49. The number of hydrogen-bond acceptors (Lipinski definition) is 7. The number of nitrogens with one attached hydrogen (secondary N) is 1. The van der Waals surface area contributed by atoms with Crippen molar-refractivity contribution >= 4 is 18.4 Å². The van der Waals surface area contributed by atoms with Crippen LogP contribution in [0, 0.1) is 0 Å². The van der Waals surface area contributed by atoms with Crippen molar-refractivity contribution in [1.29, 1.82) is 0 Å². The molecule has 3 atom stereocenters. The number of esters is 1. The van der Waals surface area contributed by atoms with Crippen LogP contribution in [-0.4, -0.2) is 40.5 Å². The fourth-order valence-corrected chi connectivity index (χ4v) is 4.31. The van der Waals surface area contributed by atoms with Gasteiger partial charge in [0.05, 0.1) is 34.5 Å². The SMILES string of the molecule is COc1cc2c(cc1OC)[C@H]([C@H]1OC(=O)c3c1ccc(OC)c3OC)N[C@@H](C)C2.Cl. The van der Waals surface area contributed by atoms with E-state index in [9.17, 15) is 4.79 Å². The van der Waals surface area contributed by atoms with E-state index in [0.717, 1.165) is 23.1 Å². The number of fused-ring (bicyclic) bond motifs is 2. The highest BCUT2D eigenvalue weighted by atomic mass is 35.5. The van der Waals surface area contributed by atoms with Crippen LogP contribution in [0.15, 0.2) is 24.3 Å². The van der Waals surface area contributed by atoms with Crippen LogP contribution < -0.4 is 24.3 Å². The Balaban J connectivity index is 0.00000256. The molecule has 4 rings (SSSR count). The Labute approximate surface area is 182 Å². The van der Waals surface area contributed by atoms with Gasteiger partial charge in [-0.25, -0.2) is 4.79 Å². The van der Waals surface area contributed by atoms with E-state index < -0.39 is 12.1 Å². The fourth-order valence-electron chi connectivity index (χ4n) is 4.31. The maximum Gasteiger partial charge on any atom is 0.343 e. The molecule has 8 heteroatoms. The zero-order valence-electron chi connectivity index (χ0n) is 17.6. The van der Waals surface area contributed by atoms with Crippen LogP contribution in [0.2, 0.25) is 0 Å². The third kappa shape index (κ3) is 3.42. The van der Waals surface area contributed by atoms with Gasteiger partial charge in [-0.15, -0.1) is 12.4 Å². The molecule has 0 bridgehead atoms. The zero-order valence-corrected chi connectivity index (χ0v) is 18.4. The summed E-state index contributed by atoms with van der Waals surface area (Å²) in [5.41, 5.74) is 3.36. The molecular weight excluding hydrogens is 410 g/mol. The molecule has 0 aliphatic carbocycles. The van der Waals surface area contributed by atoms with E-state index in [2.05, 4.69) is 12.2 Å². The lowest BCUT2D eigenvalue weighted by Crippen LogP contribution is -2.40. The Hall–Kier alpha value is -2.64. The molecule has 30 heavy (non-hydrogen) atoms. The summed E-state index contributed by atoms with van der Waals surface area (Å²) in [6, 6.07) is 7.61. The lowest BCUT2D eigenvalue weighted by Gasteiger charge is -2.35. The number of methoxy groups -OCH3 is 4. The molecule has 0 fully saturated rings. The van der Waals surface area contributed by atoms with Crippen molar-refractivity contribution in [3.05, 3.63) is 46.5 Å². The Morgan fingerprint density at radius 1 is 0.933 bits per heavy atom. The van der Waals surface area contributed by atoms with E-state index in [1.54, 1.807) is 27.4 Å². The number of benzene rings is 2. The number of halogens is 1. The van der Waals surface area contributed by atoms with Crippen LogP contribution in [0.25, 0.3) is 0 Å². The topological polar surface area (TPSA) is 75.3 Å². The minimum atomic E-state index is -0.489. The molecule has 162 valence electrons. The quantitative estimate of drug-likeness (QED) is 0.718. The number of hydrogen-bond donors (Lipinski definition) is 1. The predicted molar refractivity (Wildman–Crippen MR) is 114 cm³/mol. The fraction of sp³-hybridized carbons (Fsp3) is 0.409. The molecule has 0 unspecified atom stereocenters. The molecule has 0 spiro atoms. The first-order chi connectivity index (χ1) is 14.0. The molecule has 0 radical (unpaired) electrons. The average molecular weight is 436 g/mol. The van der Waals surface area contributed by atoms with Crippen molar-refractivity contribution in [1.82, 2.24) is 5.32 Å². The average Bonchev–Trinajstić information content (AvgIpc) is 3.07. The minimum Gasteiger partial charge on any atom is -0.493 e. The number of rotatable bonds is 5. The highest BCUT2D eigenvalue weighted by Gasteiger charge is 2.43. The van der Waals surface area contributed by atoms with Gasteiger partial charge >= 0.3 is 5.97 Å². The van der Waals surface area contributed by atoms with Crippen LogP contribution >= 0.6 is 12.4 Å². The molecule has 2 aromatic carbocycles. The summed E-state index contributed by atoms with van der Waals surface area (Å²) >= 11 is 0. The Kier molecular flexibility index (Phi) is 6.33. The molecule has 0 saturated carbocycles. The third-order valence-corrected chi connectivity index (χ3v) is 5.60. The van der Waals surface area contributed by atoms with Gasteiger partial charge in [-0.1, -0.05) is 6.07 Å². The Morgan fingerprint density at radius 3 is 2.23 bits per heavy atom. The third-order valence-electron chi connectivity index (χ3n) is 5.60. The smallest absolute Gasteiger partial charge is 0.343 e. The predicted octanol–water partition coefficient (Wildman–Crippen LogP) is 3.63. The minimum absolute atomic E-state index is 0. The summed E-state index contributed by atoms with van der Waals surface area (Å²) in [5.74, 6) is 1.82. The maximum absolute atomic E-state index is 12.8. The number of carbonyl (C=O) groups is 1. The van der Waals surface area contributed by atoms with Gasteiger partial charge in [0.1, 0.15) is 11.7 Å². The molecule has 2 heterocycles. The monoisotopic (exact) mass is 435 g/mol.